The van der Waals surface area contributed by atoms with Crippen molar-refractivity contribution in [3.05, 3.63) is 27.4 Å². The minimum atomic E-state index is -0.464. The molecule has 0 saturated carbocycles. The van der Waals surface area contributed by atoms with E-state index in [1.165, 1.54) is 0 Å². The lowest BCUT2D eigenvalue weighted by Crippen LogP contribution is -2.11. The second-order valence-electron chi connectivity index (χ2n) is 3.72. The molecule has 0 aliphatic carbocycles. The number of hydrogen-bond donors (Lipinski definition) is 2. The van der Waals surface area contributed by atoms with Crippen LogP contribution in [0.1, 0.15) is 28.8 Å². The molecular formula is C11H13N3O3. The lowest BCUT2D eigenvalue weighted by atomic mass is 10.2. The molecule has 0 fully saturated rings. The number of nitrogens with one attached hydrogen (secondary N) is 2. The normalized spacial score (nSPS) is 10.8. The van der Waals surface area contributed by atoms with E-state index >= 15 is 0 Å². The molecule has 6 nitrogen and oxygen atoms in total. The zero-order valence-corrected chi connectivity index (χ0v) is 9.88. The van der Waals surface area contributed by atoms with E-state index in [0.29, 0.717) is 28.1 Å². The first kappa shape index (κ1) is 11.4. The Labute approximate surface area is 97.0 Å². The summed E-state index contributed by atoms with van der Waals surface area (Å²) in [6.07, 6.45) is 0. The highest BCUT2D eigenvalue weighted by molar-refractivity contribution is 6.03. The molecule has 2 rings (SSSR count). The predicted molar refractivity (Wildman–Crippen MR) is 62.1 cm³/mol. The fourth-order valence-electron chi connectivity index (χ4n) is 1.76. The number of aromatic amines is 2. The monoisotopic (exact) mass is 235 g/mol. The number of nitrogens with zero attached hydrogens (tertiary/aromatic N) is 1. The Kier molecular flexibility index (Phi) is 2.71. The lowest BCUT2D eigenvalue weighted by Gasteiger charge is -2.01. The first-order chi connectivity index (χ1) is 8.04. The number of carbonyl (C=O) groups excluding carboxylic acids is 1. The van der Waals surface area contributed by atoms with Crippen LogP contribution < -0.4 is 5.56 Å². The smallest absolute Gasteiger partial charge is 0.342 e. The highest BCUT2D eigenvalue weighted by atomic mass is 16.5. The SMILES string of the molecule is CCOC(=O)c1c(C)[nH]c2c(=O)[nH]c(C)nc12. The van der Waals surface area contributed by atoms with Crippen molar-refractivity contribution in [2.45, 2.75) is 20.8 Å². The summed E-state index contributed by atoms with van der Waals surface area (Å²) >= 11 is 0. The van der Waals surface area contributed by atoms with Gasteiger partial charge in [0.15, 0.2) is 0 Å². The van der Waals surface area contributed by atoms with Gasteiger partial charge in [-0.1, -0.05) is 0 Å². The van der Waals surface area contributed by atoms with E-state index in [1.807, 2.05) is 0 Å². The molecule has 0 radical (unpaired) electrons. The molecule has 0 amide bonds. The standard InChI is InChI=1S/C11H13N3O3/c1-4-17-11(16)7-5(2)12-9-8(7)13-6(3)14-10(9)15/h12H,4H2,1-3H3,(H,13,14,15). The van der Waals surface area contributed by atoms with Gasteiger partial charge >= 0.3 is 5.97 Å². The van der Waals surface area contributed by atoms with Gasteiger partial charge in [-0.15, -0.1) is 0 Å². The van der Waals surface area contributed by atoms with Gasteiger partial charge in [-0.3, -0.25) is 4.79 Å². The van der Waals surface area contributed by atoms with E-state index in [2.05, 4.69) is 15.0 Å². The molecule has 0 unspecified atom stereocenters. The number of hydrogen-bond acceptors (Lipinski definition) is 4. The average molecular weight is 235 g/mol. The first-order valence-electron chi connectivity index (χ1n) is 5.31. The fourth-order valence-corrected chi connectivity index (χ4v) is 1.76. The van der Waals surface area contributed by atoms with Crippen molar-refractivity contribution in [2.75, 3.05) is 6.61 Å². The van der Waals surface area contributed by atoms with E-state index in [9.17, 15) is 9.59 Å². The molecule has 2 aromatic heterocycles. The number of esters is 1. The number of carbonyl (C=O) groups is 1. The van der Waals surface area contributed by atoms with Crippen LogP contribution in [0.25, 0.3) is 11.0 Å². The van der Waals surface area contributed by atoms with Crippen LogP contribution in [0.5, 0.6) is 0 Å². The Morgan fingerprint density at radius 2 is 2.06 bits per heavy atom. The van der Waals surface area contributed by atoms with Crippen molar-refractivity contribution < 1.29 is 9.53 Å². The summed E-state index contributed by atoms with van der Waals surface area (Å²) in [7, 11) is 0. The maximum atomic E-state index is 11.8. The van der Waals surface area contributed by atoms with Gasteiger partial charge in [0.25, 0.3) is 5.56 Å². The Morgan fingerprint density at radius 3 is 2.71 bits per heavy atom. The van der Waals surface area contributed by atoms with Crippen molar-refractivity contribution in [3.63, 3.8) is 0 Å². The van der Waals surface area contributed by atoms with E-state index < -0.39 is 5.97 Å². The maximum Gasteiger partial charge on any atom is 0.342 e. The second-order valence-corrected chi connectivity index (χ2v) is 3.72. The zero-order chi connectivity index (χ0) is 12.6. The third-order valence-electron chi connectivity index (χ3n) is 2.44. The summed E-state index contributed by atoms with van der Waals surface area (Å²) in [5, 5.41) is 0. The number of rotatable bonds is 2. The van der Waals surface area contributed by atoms with Gasteiger partial charge in [0.05, 0.1) is 6.61 Å². The Bertz CT molecular complexity index is 639. The van der Waals surface area contributed by atoms with Crippen molar-refractivity contribution in [1.82, 2.24) is 15.0 Å². The minimum absolute atomic E-state index is 0.285. The van der Waals surface area contributed by atoms with Crippen molar-refractivity contribution >= 4 is 17.0 Å². The Morgan fingerprint density at radius 1 is 1.35 bits per heavy atom. The molecule has 2 aromatic rings. The van der Waals surface area contributed by atoms with E-state index in [0.717, 1.165) is 0 Å². The maximum absolute atomic E-state index is 11.8. The summed E-state index contributed by atoms with van der Waals surface area (Å²) in [5.41, 5.74) is 1.29. The summed E-state index contributed by atoms with van der Waals surface area (Å²) in [5.74, 6) is 0.000739. The van der Waals surface area contributed by atoms with Crippen LogP contribution in [-0.2, 0) is 4.74 Å². The van der Waals surface area contributed by atoms with Gasteiger partial charge in [-0.25, -0.2) is 9.78 Å². The third kappa shape index (κ3) is 1.82. The van der Waals surface area contributed by atoms with Gasteiger partial charge in [0, 0.05) is 5.69 Å². The molecule has 2 heterocycles. The fraction of sp³-hybridized carbons (Fsp3) is 0.364. The van der Waals surface area contributed by atoms with Gasteiger partial charge in [0.2, 0.25) is 0 Å². The van der Waals surface area contributed by atoms with Crippen molar-refractivity contribution in [1.29, 1.82) is 0 Å². The zero-order valence-electron chi connectivity index (χ0n) is 9.88. The molecule has 0 bridgehead atoms. The Hall–Kier alpha value is -2.11. The van der Waals surface area contributed by atoms with Gasteiger partial charge in [0.1, 0.15) is 22.4 Å². The minimum Gasteiger partial charge on any atom is -0.462 e. The number of ether oxygens (including phenoxy) is 1. The van der Waals surface area contributed by atoms with Crippen molar-refractivity contribution in [2.24, 2.45) is 0 Å². The molecule has 0 spiro atoms. The molecule has 0 atom stereocenters. The molecule has 0 aromatic carbocycles. The molecule has 90 valence electrons. The second kappa shape index (κ2) is 4.04. The van der Waals surface area contributed by atoms with Gasteiger partial charge < -0.3 is 14.7 Å². The topological polar surface area (TPSA) is 87.8 Å². The summed E-state index contributed by atoms with van der Waals surface area (Å²) in [6.45, 7) is 5.39. The van der Waals surface area contributed by atoms with Crippen LogP contribution in [0.3, 0.4) is 0 Å². The Balaban J connectivity index is 2.75. The van der Waals surface area contributed by atoms with Gasteiger partial charge in [-0.2, -0.15) is 0 Å². The van der Waals surface area contributed by atoms with Crippen molar-refractivity contribution in [3.8, 4) is 0 Å². The number of aryl methyl sites for hydroxylation is 2. The third-order valence-corrected chi connectivity index (χ3v) is 2.44. The largest absolute Gasteiger partial charge is 0.462 e. The van der Waals surface area contributed by atoms with E-state index in [4.69, 9.17) is 4.74 Å². The van der Waals surface area contributed by atoms with Crippen LogP contribution in [0.15, 0.2) is 4.79 Å². The predicted octanol–water partition coefficient (Wildman–Crippen LogP) is 1.04. The molecule has 2 N–H and O–H groups in total. The number of fused-ring (bicyclic) bond motifs is 1. The number of H-pyrrole nitrogens is 2. The lowest BCUT2D eigenvalue weighted by molar-refractivity contribution is 0.0527. The molecule has 6 heteroatoms. The quantitative estimate of drug-likeness (QED) is 0.761. The molecule has 17 heavy (non-hydrogen) atoms. The average Bonchev–Trinajstić information content (AvgIpc) is 2.55. The molecule has 0 saturated heterocycles. The summed E-state index contributed by atoms with van der Waals surface area (Å²) < 4.78 is 4.94. The summed E-state index contributed by atoms with van der Waals surface area (Å²) in [4.78, 5) is 33.0. The first-order valence-corrected chi connectivity index (χ1v) is 5.31. The molecular weight excluding hydrogens is 222 g/mol. The molecule has 0 aliphatic heterocycles. The van der Waals surface area contributed by atoms with Gasteiger partial charge in [-0.05, 0) is 20.8 Å². The van der Waals surface area contributed by atoms with Crippen LogP contribution in [-0.4, -0.2) is 27.5 Å². The molecule has 0 aliphatic rings. The van der Waals surface area contributed by atoms with Crippen LogP contribution >= 0.6 is 0 Å². The van der Waals surface area contributed by atoms with E-state index in [1.54, 1.807) is 20.8 Å². The van der Waals surface area contributed by atoms with Crippen LogP contribution in [0, 0.1) is 13.8 Å². The summed E-state index contributed by atoms with van der Waals surface area (Å²) in [6, 6.07) is 0. The van der Waals surface area contributed by atoms with Crippen LogP contribution in [0.4, 0.5) is 0 Å². The van der Waals surface area contributed by atoms with Crippen LogP contribution in [0.2, 0.25) is 0 Å². The van der Waals surface area contributed by atoms with E-state index in [-0.39, 0.29) is 12.2 Å². The number of aromatic nitrogens is 3. The highest BCUT2D eigenvalue weighted by Gasteiger charge is 2.20. The highest BCUT2D eigenvalue weighted by Crippen LogP contribution is 2.18.